The van der Waals surface area contributed by atoms with E-state index in [9.17, 15) is 58.5 Å². The number of hydrogen-bond acceptors (Lipinski definition) is 15. The highest BCUT2D eigenvalue weighted by molar-refractivity contribution is 5.98. The molecule has 1 aliphatic rings. The van der Waals surface area contributed by atoms with Gasteiger partial charge in [-0.3, -0.25) is 57.7 Å². The second kappa shape index (κ2) is 40.4. The molecule has 1 fully saturated rings. The normalized spacial score (nSPS) is 15.1. The van der Waals surface area contributed by atoms with E-state index in [4.69, 9.17) is 17.2 Å². The first-order valence-electron chi connectivity index (χ1n) is 34.8. The fraction of sp³-hybridized carbons (Fsp3) is 0.395. The highest BCUT2D eigenvalue weighted by atomic mass is 16.4. The molecule has 1 saturated heterocycles. The first-order valence-corrected chi connectivity index (χ1v) is 34.8. The predicted molar refractivity (Wildman–Crippen MR) is 390 cm³/mol. The number of nitrogens with two attached hydrogens (primary N) is 3. The van der Waals surface area contributed by atoms with Crippen molar-refractivity contribution in [2.24, 2.45) is 22.2 Å². The lowest BCUT2D eigenvalue weighted by Gasteiger charge is -2.36. The van der Waals surface area contributed by atoms with E-state index in [0.29, 0.717) is 41.5 Å². The summed E-state index contributed by atoms with van der Waals surface area (Å²) >= 11 is 0. The molecule has 7 rings (SSSR count). The molecule has 0 spiro atoms. The number of amides is 10. The molecule has 17 N–H and O–H groups in total. The van der Waals surface area contributed by atoms with Crippen molar-refractivity contribution in [3.63, 3.8) is 0 Å². The topological polar surface area (TPSA) is 442 Å². The molecule has 0 saturated carbocycles. The Balaban J connectivity index is 1.15. The van der Waals surface area contributed by atoms with Gasteiger partial charge in [0, 0.05) is 71.6 Å². The van der Waals surface area contributed by atoms with Crippen molar-refractivity contribution in [2.45, 2.75) is 158 Å². The lowest BCUT2D eigenvalue weighted by Crippen LogP contribution is -2.61. The molecule has 0 radical (unpaired) electrons. The molecule has 1 heterocycles. The lowest BCUT2D eigenvalue weighted by molar-refractivity contribution is -0.145. The monoisotopic (exact) mass is 1430 g/mol. The maximum absolute atomic E-state index is 15.2. The van der Waals surface area contributed by atoms with E-state index in [1.54, 1.807) is 91.0 Å². The van der Waals surface area contributed by atoms with Gasteiger partial charge in [0.25, 0.3) is 0 Å². The number of carboxylic acids is 1. The number of phenolic OH excluding ortho intramolecular Hbond substituents is 1. The molecule has 6 aromatic carbocycles. The van der Waals surface area contributed by atoms with Crippen LogP contribution in [0.2, 0.25) is 0 Å². The van der Waals surface area contributed by atoms with Crippen LogP contribution in [-0.2, 0) is 84.8 Å². The summed E-state index contributed by atoms with van der Waals surface area (Å²) in [6, 6.07) is 32.0. The Bertz CT molecular complexity index is 3920. The number of fused-ring (bicyclic) bond motifs is 1. The van der Waals surface area contributed by atoms with E-state index < -0.39 is 132 Å². The largest absolute Gasteiger partial charge is 0.508 e. The van der Waals surface area contributed by atoms with Crippen molar-refractivity contribution in [2.75, 3.05) is 32.8 Å². The first kappa shape index (κ1) is 80.1. The molecule has 28 heteroatoms. The molecule has 104 heavy (non-hydrogen) atoms. The van der Waals surface area contributed by atoms with Crippen LogP contribution in [0.25, 0.3) is 10.8 Å². The van der Waals surface area contributed by atoms with Gasteiger partial charge in [-0.25, -0.2) is 0 Å². The second-order valence-electron chi connectivity index (χ2n) is 26.0. The number of carboxylic acid groups (broad SMARTS) is 1. The smallest absolute Gasteiger partial charge is 0.325 e. The first-order chi connectivity index (χ1) is 49.9. The number of aromatic hydroxyl groups is 1. The molecule has 1 aliphatic heterocycles. The standard InChI is InChI=1S/C76H96N14O14/c1-47(75(103)104)81-72(100)65-29-18-38-89(65)74(102)59(28-17-37-80-76(78)79)84-73(101)66(44-52-23-11-6-12-24-52)90(49(3)93)45-57(27-15-16-36-77)83-67(95)61(42-53-31-34-58(94)35-32-53)87-71(99)64(46-91)88-70(98)63(41-51-21-9-5-10-22-51)86-69(97)62(40-50-19-7-4-8-20-50)85-68(96)60(82-48(2)92)43-54-30-33-55-25-13-14-26-56(55)39-54/h4-14,19-26,30-35,39,47,57,59-66,91,94H,15-18,27-29,36-38,40-46,77H2,1-3H3,(H,81,100)(H,82,92)(H,83,95)(H,84,101)(H,85,96)(H,86,97)(H,87,99)(H,88,98)(H,103,104)(H4,78,79,80)/t47-,57-,59-,60-,61-,62-,63-,64-,65+,66-/m0/s1. The molecule has 554 valence electrons. The van der Waals surface area contributed by atoms with Gasteiger partial charge >= 0.3 is 5.97 Å². The summed E-state index contributed by atoms with van der Waals surface area (Å²) in [7, 11) is 0. The highest BCUT2D eigenvalue weighted by Gasteiger charge is 2.41. The number of likely N-dealkylation sites (tertiary alicyclic amines) is 1. The van der Waals surface area contributed by atoms with Crippen LogP contribution in [0.1, 0.15) is 93.5 Å². The minimum absolute atomic E-state index is 0.0397. The van der Waals surface area contributed by atoms with Crippen LogP contribution in [0.4, 0.5) is 0 Å². The number of rotatable bonds is 39. The maximum Gasteiger partial charge on any atom is 0.325 e. The second-order valence-corrected chi connectivity index (χ2v) is 26.0. The number of hydrogen-bond donors (Lipinski definition) is 14. The number of nitrogens with one attached hydrogen (secondary N) is 8. The molecule has 6 aromatic rings. The van der Waals surface area contributed by atoms with Crippen molar-refractivity contribution in [1.29, 1.82) is 0 Å². The number of phenols is 1. The van der Waals surface area contributed by atoms with Crippen molar-refractivity contribution in [3.05, 3.63) is 186 Å². The summed E-state index contributed by atoms with van der Waals surface area (Å²) in [5.41, 5.74) is 20.2. The van der Waals surface area contributed by atoms with Crippen LogP contribution in [0.15, 0.2) is 163 Å². The van der Waals surface area contributed by atoms with Gasteiger partial charge in [0.05, 0.1) is 6.61 Å². The molecule has 10 amide bonds. The zero-order chi connectivity index (χ0) is 75.2. The maximum atomic E-state index is 15.2. The zero-order valence-corrected chi connectivity index (χ0v) is 58.7. The van der Waals surface area contributed by atoms with Crippen molar-refractivity contribution < 1.29 is 68.1 Å². The average molecular weight is 1430 g/mol. The quantitative estimate of drug-likeness (QED) is 0.0147. The van der Waals surface area contributed by atoms with Crippen LogP contribution in [0.5, 0.6) is 5.75 Å². The summed E-state index contributed by atoms with van der Waals surface area (Å²) in [4.78, 5) is 162. The Morgan fingerprint density at radius 3 is 1.52 bits per heavy atom. The van der Waals surface area contributed by atoms with E-state index in [1.807, 2.05) is 42.5 Å². The molecule has 0 aliphatic carbocycles. The summed E-state index contributed by atoms with van der Waals surface area (Å²) < 4.78 is 0. The van der Waals surface area contributed by atoms with Gasteiger partial charge in [0.1, 0.15) is 60.1 Å². The summed E-state index contributed by atoms with van der Waals surface area (Å²) in [6.07, 6.45) is 1.25. The van der Waals surface area contributed by atoms with Gasteiger partial charge in [-0.05, 0) is 103 Å². The van der Waals surface area contributed by atoms with Gasteiger partial charge in [0.15, 0.2) is 5.96 Å². The Morgan fingerprint density at radius 2 is 1.00 bits per heavy atom. The number of carbonyl (C=O) groups is 11. The molecule has 0 aromatic heterocycles. The zero-order valence-electron chi connectivity index (χ0n) is 58.7. The van der Waals surface area contributed by atoms with Gasteiger partial charge in [-0.1, -0.05) is 152 Å². The van der Waals surface area contributed by atoms with Crippen LogP contribution >= 0.6 is 0 Å². The number of nitrogens with zero attached hydrogens (tertiary/aromatic N) is 3. The highest BCUT2D eigenvalue weighted by Crippen LogP contribution is 2.23. The van der Waals surface area contributed by atoms with Gasteiger partial charge in [-0.2, -0.15) is 0 Å². The van der Waals surface area contributed by atoms with E-state index >= 15 is 9.59 Å². The number of benzene rings is 6. The number of carbonyl (C=O) groups excluding carboxylic acids is 10. The Labute approximate surface area is 604 Å². The third-order valence-electron chi connectivity index (χ3n) is 17.9. The number of guanidine groups is 1. The average Bonchev–Trinajstić information content (AvgIpc) is 1.44. The molecule has 0 unspecified atom stereocenters. The Kier molecular flexibility index (Phi) is 31.1. The summed E-state index contributed by atoms with van der Waals surface area (Å²) in [5.74, 6) is -9.14. The third kappa shape index (κ3) is 25.1. The van der Waals surface area contributed by atoms with E-state index in [0.717, 1.165) is 16.3 Å². The molecule has 0 bridgehead atoms. The van der Waals surface area contributed by atoms with Crippen LogP contribution < -0.4 is 59.7 Å². The number of aliphatic carboxylic acids is 1. The third-order valence-corrected chi connectivity index (χ3v) is 17.9. The van der Waals surface area contributed by atoms with Gasteiger partial charge < -0.3 is 84.9 Å². The van der Waals surface area contributed by atoms with E-state index in [2.05, 4.69) is 47.5 Å². The summed E-state index contributed by atoms with van der Waals surface area (Å²) in [5, 5.41) is 54.5. The fourth-order valence-electron chi connectivity index (χ4n) is 12.4. The van der Waals surface area contributed by atoms with E-state index in [1.165, 1.54) is 54.8 Å². The molecule has 28 nitrogen and oxygen atoms in total. The van der Waals surface area contributed by atoms with Gasteiger partial charge in [-0.15, -0.1) is 0 Å². The number of aliphatic imine (C=N–C) groups is 1. The number of aliphatic hydroxyl groups is 1. The summed E-state index contributed by atoms with van der Waals surface area (Å²) in [6.45, 7) is 2.86. The van der Waals surface area contributed by atoms with Crippen LogP contribution in [0, 0.1) is 0 Å². The molecule has 10 atom stereocenters. The van der Waals surface area contributed by atoms with Crippen molar-refractivity contribution in [1.82, 2.24) is 52.3 Å². The Morgan fingerprint density at radius 1 is 0.529 bits per heavy atom. The number of aliphatic hydroxyl groups excluding tert-OH is 1. The SMILES string of the molecule is CC(=O)N[C@@H](Cc1ccc2ccccc2c1)C(=O)N[C@@H](Cc1ccccc1)C(=O)N[C@@H](Cc1ccccc1)C(=O)N[C@@H](CO)C(=O)N[C@@H](Cc1ccc(O)cc1)C(=O)N[C@@H](CCCCN)CN(C(C)=O)[C@@H](Cc1ccccc1)C(=O)N[C@@H](CCCN=C(N)N)C(=O)N1CCC[C@@H]1C(=O)N[C@@H](C)C(=O)O. The van der Waals surface area contributed by atoms with Crippen molar-refractivity contribution in [3.8, 4) is 5.75 Å². The molecular weight excluding hydrogens is 1330 g/mol. The van der Waals surface area contributed by atoms with Crippen LogP contribution in [-0.4, -0.2) is 189 Å². The number of unbranched alkanes of at least 4 members (excludes halogenated alkanes) is 1. The van der Waals surface area contributed by atoms with Crippen LogP contribution in [0.3, 0.4) is 0 Å². The minimum Gasteiger partial charge on any atom is -0.508 e. The van der Waals surface area contributed by atoms with E-state index in [-0.39, 0.29) is 95.7 Å². The lowest BCUT2D eigenvalue weighted by atomic mass is 9.99. The van der Waals surface area contributed by atoms with Crippen molar-refractivity contribution >= 4 is 81.8 Å². The minimum atomic E-state index is -1.77. The fourth-order valence-corrected chi connectivity index (χ4v) is 12.4. The molecular formula is C76H96N14O14. The Hall–Kier alpha value is -11.3. The predicted octanol–water partition coefficient (Wildman–Crippen LogP) is 1.44. The van der Waals surface area contributed by atoms with Gasteiger partial charge in [0.2, 0.25) is 59.1 Å².